The molecule has 0 N–H and O–H groups in total. The third kappa shape index (κ3) is 3.66. The van der Waals surface area contributed by atoms with Crippen LogP contribution in [-0.4, -0.2) is 46.0 Å². The van der Waals surface area contributed by atoms with Gasteiger partial charge in [-0.05, 0) is 62.8 Å². The Kier molecular flexibility index (Phi) is 4.73. The van der Waals surface area contributed by atoms with Gasteiger partial charge in [-0.1, -0.05) is 25.1 Å². The quantitative estimate of drug-likeness (QED) is 0.726. The lowest BCUT2D eigenvalue weighted by Crippen LogP contribution is -2.47. The summed E-state index contributed by atoms with van der Waals surface area (Å²) >= 11 is 0. The van der Waals surface area contributed by atoms with Crippen molar-refractivity contribution in [3.05, 3.63) is 30.0 Å². The first-order valence-corrected chi connectivity index (χ1v) is 11.0. The van der Waals surface area contributed by atoms with Crippen molar-refractivity contribution < 1.29 is 4.74 Å². The fourth-order valence-corrected chi connectivity index (χ4v) is 5.39. The van der Waals surface area contributed by atoms with Crippen LogP contribution in [0.2, 0.25) is 0 Å². The van der Waals surface area contributed by atoms with E-state index in [0.29, 0.717) is 12.0 Å². The summed E-state index contributed by atoms with van der Waals surface area (Å²) in [6.07, 6.45) is 10.6. The fraction of sp³-hybridized carbons (Fsp3) is 0.696. The molecule has 27 heavy (non-hydrogen) atoms. The van der Waals surface area contributed by atoms with E-state index in [9.17, 15) is 0 Å². The number of aryl methyl sites for hydroxylation is 1. The number of rotatable bonds is 7. The summed E-state index contributed by atoms with van der Waals surface area (Å²) in [6.45, 7) is 7.80. The molecule has 3 heterocycles. The normalized spacial score (nSPS) is 29.5. The summed E-state index contributed by atoms with van der Waals surface area (Å²) in [4.78, 5) is 2.81. The minimum Gasteiger partial charge on any atom is -0.378 e. The van der Waals surface area contributed by atoms with Gasteiger partial charge >= 0.3 is 0 Å². The molecule has 4 atom stereocenters. The van der Waals surface area contributed by atoms with E-state index in [1.165, 1.54) is 61.5 Å². The van der Waals surface area contributed by atoms with Crippen LogP contribution >= 0.6 is 0 Å². The molecular weight excluding hydrogens is 334 g/mol. The van der Waals surface area contributed by atoms with E-state index < -0.39 is 0 Å². The zero-order valence-electron chi connectivity index (χ0n) is 16.8. The monoisotopic (exact) mass is 367 g/mol. The molecule has 2 aromatic rings. The molecule has 3 unspecified atom stereocenters. The summed E-state index contributed by atoms with van der Waals surface area (Å²) in [5, 5.41) is 5.94. The van der Waals surface area contributed by atoms with Crippen LogP contribution in [0.3, 0.4) is 0 Å². The van der Waals surface area contributed by atoms with Crippen LogP contribution in [0.1, 0.15) is 51.0 Å². The molecule has 2 saturated heterocycles. The molecule has 4 heteroatoms. The van der Waals surface area contributed by atoms with Gasteiger partial charge in [0, 0.05) is 37.2 Å². The molecule has 1 aliphatic carbocycles. The first-order valence-electron chi connectivity index (χ1n) is 11.0. The van der Waals surface area contributed by atoms with Gasteiger partial charge in [-0.25, -0.2) is 0 Å². The average molecular weight is 368 g/mol. The highest BCUT2D eigenvalue weighted by atomic mass is 16.5. The van der Waals surface area contributed by atoms with Crippen molar-refractivity contribution in [2.24, 2.45) is 11.8 Å². The lowest BCUT2D eigenvalue weighted by atomic mass is 9.98. The van der Waals surface area contributed by atoms with Crippen LogP contribution in [0, 0.1) is 18.8 Å². The minimum atomic E-state index is 0.521. The Morgan fingerprint density at radius 1 is 1.11 bits per heavy atom. The molecular formula is C23H33N3O. The summed E-state index contributed by atoms with van der Waals surface area (Å²) < 4.78 is 8.47. The number of ether oxygens (including phenoxy) is 1. The Bertz CT molecular complexity index is 782. The minimum absolute atomic E-state index is 0.521. The second-order valence-corrected chi connectivity index (χ2v) is 9.40. The summed E-state index contributed by atoms with van der Waals surface area (Å²) in [5.41, 5.74) is 2.63. The van der Waals surface area contributed by atoms with E-state index in [4.69, 9.17) is 4.74 Å². The molecule has 0 amide bonds. The fourth-order valence-electron chi connectivity index (χ4n) is 5.39. The number of benzene rings is 1. The van der Waals surface area contributed by atoms with E-state index in [0.717, 1.165) is 31.2 Å². The van der Waals surface area contributed by atoms with Crippen LogP contribution in [0.15, 0.2) is 24.4 Å². The van der Waals surface area contributed by atoms with Gasteiger partial charge in [-0.2, -0.15) is 5.10 Å². The molecule has 2 aliphatic heterocycles. The predicted octanol–water partition coefficient (Wildman–Crippen LogP) is 4.40. The van der Waals surface area contributed by atoms with Crippen molar-refractivity contribution >= 4 is 10.9 Å². The lowest BCUT2D eigenvalue weighted by Gasteiger charge is -2.40. The average Bonchev–Trinajstić information content (AvgIpc) is 3.35. The van der Waals surface area contributed by atoms with Crippen LogP contribution in [0.5, 0.6) is 0 Å². The Balaban J connectivity index is 1.20. The zero-order chi connectivity index (χ0) is 18.4. The maximum absolute atomic E-state index is 6.25. The van der Waals surface area contributed by atoms with Gasteiger partial charge in [-0.3, -0.25) is 9.58 Å². The van der Waals surface area contributed by atoms with Gasteiger partial charge in [0.15, 0.2) is 0 Å². The number of fused-ring (bicyclic) bond motifs is 3. The lowest BCUT2D eigenvalue weighted by molar-refractivity contribution is -0.0276. The highest BCUT2D eigenvalue weighted by molar-refractivity contribution is 5.81. The maximum atomic E-state index is 6.25. The zero-order valence-corrected chi connectivity index (χ0v) is 16.8. The van der Waals surface area contributed by atoms with E-state index in [-0.39, 0.29) is 0 Å². The molecule has 3 aliphatic rings. The van der Waals surface area contributed by atoms with Gasteiger partial charge in [-0.15, -0.1) is 0 Å². The Morgan fingerprint density at radius 3 is 2.63 bits per heavy atom. The second-order valence-electron chi connectivity index (χ2n) is 9.40. The first-order chi connectivity index (χ1) is 13.2. The van der Waals surface area contributed by atoms with Crippen LogP contribution in [-0.2, 0) is 11.3 Å². The number of aromatic nitrogens is 2. The Morgan fingerprint density at radius 2 is 1.89 bits per heavy atom. The molecule has 0 radical (unpaired) electrons. The van der Waals surface area contributed by atoms with E-state index in [1.807, 2.05) is 6.20 Å². The number of hydrogen-bond donors (Lipinski definition) is 0. The predicted molar refractivity (Wildman–Crippen MR) is 109 cm³/mol. The smallest absolute Gasteiger partial charge is 0.0711 e. The van der Waals surface area contributed by atoms with Gasteiger partial charge in [0.25, 0.3) is 0 Å². The highest BCUT2D eigenvalue weighted by Crippen LogP contribution is 2.38. The number of hydrogen-bond acceptors (Lipinski definition) is 3. The van der Waals surface area contributed by atoms with E-state index in [2.05, 4.69) is 46.7 Å². The first kappa shape index (κ1) is 17.7. The number of piperidine rings is 1. The van der Waals surface area contributed by atoms with Crippen molar-refractivity contribution in [3.8, 4) is 0 Å². The van der Waals surface area contributed by atoms with Crippen LogP contribution in [0.4, 0.5) is 0 Å². The summed E-state index contributed by atoms with van der Waals surface area (Å²) in [7, 11) is 0. The van der Waals surface area contributed by atoms with Crippen molar-refractivity contribution in [1.29, 1.82) is 0 Å². The topological polar surface area (TPSA) is 30.3 Å². The van der Waals surface area contributed by atoms with Gasteiger partial charge < -0.3 is 4.74 Å². The molecule has 1 saturated carbocycles. The molecule has 1 aromatic heterocycles. The highest BCUT2D eigenvalue weighted by Gasteiger charge is 2.41. The van der Waals surface area contributed by atoms with Gasteiger partial charge in [0.05, 0.1) is 17.8 Å². The molecule has 3 fully saturated rings. The maximum Gasteiger partial charge on any atom is 0.0711 e. The molecule has 5 rings (SSSR count). The van der Waals surface area contributed by atoms with E-state index >= 15 is 0 Å². The third-order valence-electron chi connectivity index (χ3n) is 6.98. The Labute approximate surface area is 162 Å². The molecule has 4 nitrogen and oxygen atoms in total. The van der Waals surface area contributed by atoms with Crippen molar-refractivity contribution in [1.82, 2.24) is 14.7 Å². The van der Waals surface area contributed by atoms with Crippen molar-refractivity contribution in [2.45, 2.75) is 77.1 Å². The molecule has 2 bridgehead atoms. The molecule has 146 valence electrons. The number of nitrogens with zero attached hydrogens (tertiary/aromatic N) is 3. The second kappa shape index (κ2) is 7.21. The standard InChI is InChI=1S/C23H33N3O/c1-16(14-26-23-17(2)4-3-5-19(23)12-24-26)13-25-20-8-9-21(25)11-22(10-20)27-15-18-6-7-18/h3-5,12,16,18,20-22H,6-11,13-15H2,1-2H3/t16?,20-,21?,22?/m1/s1. The Hall–Kier alpha value is -1.39. The van der Waals surface area contributed by atoms with Gasteiger partial charge in [0.1, 0.15) is 0 Å². The van der Waals surface area contributed by atoms with Crippen molar-refractivity contribution in [2.75, 3.05) is 13.2 Å². The largest absolute Gasteiger partial charge is 0.378 e. The summed E-state index contributed by atoms with van der Waals surface area (Å²) in [6, 6.07) is 7.97. The number of para-hydroxylation sites is 1. The van der Waals surface area contributed by atoms with Gasteiger partial charge in [0.2, 0.25) is 0 Å². The third-order valence-corrected chi connectivity index (χ3v) is 6.98. The molecule has 1 aromatic carbocycles. The SMILES string of the molecule is Cc1cccc2cnn(CC(C)CN3C4CC[C@@H]3CC(OCC3CC3)C4)c12. The van der Waals surface area contributed by atoms with Crippen molar-refractivity contribution in [3.63, 3.8) is 0 Å². The molecule has 0 spiro atoms. The van der Waals surface area contributed by atoms with Crippen LogP contribution in [0.25, 0.3) is 10.9 Å². The van der Waals surface area contributed by atoms with Crippen LogP contribution < -0.4 is 0 Å². The summed E-state index contributed by atoms with van der Waals surface area (Å²) in [5.74, 6) is 1.49. The van der Waals surface area contributed by atoms with E-state index in [1.54, 1.807) is 0 Å².